The van der Waals surface area contributed by atoms with Crippen molar-refractivity contribution in [1.82, 2.24) is 0 Å². The minimum atomic E-state index is -4.44. The third-order valence-corrected chi connectivity index (χ3v) is 3.32. The summed E-state index contributed by atoms with van der Waals surface area (Å²) in [6.45, 7) is 5.51. The number of hydrogen-bond acceptors (Lipinski definition) is 3. The molecule has 0 saturated heterocycles. The molecule has 0 spiro atoms. The molecule has 122 valence electrons. The lowest BCUT2D eigenvalue weighted by Crippen LogP contribution is -2.41. The Morgan fingerprint density at radius 3 is 2.50 bits per heavy atom. The Kier molecular flexibility index (Phi) is 4.12. The zero-order valence-electron chi connectivity index (χ0n) is 12.7. The lowest BCUT2D eigenvalue weighted by Gasteiger charge is -2.34. The van der Waals surface area contributed by atoms with Crippen molar-refractivity contribution < 1.29 is 22.7 Å². The third-order valence-electron chi connectivity index (χ3n) is 3.32. The fourth-order valence-corrected chi connectivity index (χ4v) is 2.32. The number of alkyl halides is 3. The highest BCUT2D eigenvalue weighted by Gasteiger charge is 2.35. The number of hydrogen-bond donors (Lipinski definition) is 1. The van der Waals surface area contributed by atoms with E-state index in [1.54, 1.807) is 20.8 Å². The number of carbonyl (C=O) groups is 1. The molecule has 22 heavy (non-hydrogen) atoms. The van der Waals surface area contributed by atoms with Crippen LogP contribution in [-0.4, -0.2) is 18.2 Å². The summed E-state index contributed by atoms with van der Waals surface area (Å²) in [6, 6.07) is 2.71. The predicted molar refractivity (Wildman–Crippen MR) is 76.6 cm³/mol. The predicted octanol–water partition coefficient (Wildman–Crippen LogP) is 3.85. The number of ether oxygens (including phenoxy) is 1. The van der Waals surface area contributed by atoms with Gasteiger partial charge in [-0.2, -0.15) is 13.2 Å². The van der Waals surface area contributed by atoms with Gasteiger partial charge < -0.3 is 10.5 Å². The van der Waals surface area contributed by atoms with Crippen LogP contribution in [0.3, 0.4) is 0 Å². The van der Waals surface area contributed by atoms with E-state index in [2.05, 4.69) is 0 Å². The number of benzene rings is 1. The van der Waals surface area contributed by atoms with Gasteiger partial charge in [-0.05, 0) is 51.0 Å². The molecule has 4 nitrogen and oxygen atoms in total. The van der Waals surface area contributed by atoms with Crippen LogP contribution in [0.2, 0.25) is 0 Å². The summed E-state index contributed by atoms with van der Waals surface area (Å²) in [5, 5.41) is 0. The third kappa shape index (κ3) is 3.52. The average Bonchev–Trinajstić information content (AvgIpc) is 2.35. The Labute approximate surface area is 127 Å². The van der Waals surface area contributed by atoms with Crippen molar-refractivity contribution in [2.24, 2.45) is 5.73 Å². The molecule has 0 bridgehead atoms. The molecule has 0 radical (unpaired) electrons. The highest BCUT2D eigenvalue weighted by Crippen LogP contribution is 2.38. The summed E-state index contributed by atoms with van der Waals surface area (Å²) >= 11 is 0. The van der Waals surface area contributed by atoms with Crippen molar-refractivity contribution in [3.8, 4) is 0 Å². The van der Waals surface area contributed by atoms with Gasteiger partial charge in [-0.3, -0.25) is 4.90 Å². The van der Waals surface area contributed by atoms with E-state index in [1.807, 2.05) is 0 Å². The maximum Gasteiger partial charge on any atom is 0.416 e. The van der Waals surface area contributed by atoms with Crippen molar-refractivity contribution in [3.63, 3.8) is 0 Å². The van der Waals surface area contributed by atoms with Crippen molar-refractivity contribution >= 4 is 11.8 Å². The van der Waals surface area contributed by atoms with E-state index in [4.69, 9.17) is 10.5 Å². The molecular formula is C15H19F3N2O2. The topological polar surface area (TPSA) is 55.6 Å². The fourth-order valence-electron chi connectivity index (χ4n) is 2.32. The number of amides is 1. The summed E-state index contributed by atoms with van der Waals surface area (Å²) in [5.74, 6) is 0. The van der Waals surface area contributed by atoms with Crippen molar-refractivity contribution in [3.05, 3.63) is 29.3 Å². The SMILES string of the molecule is CC(C)(C)OC(=O)N1CCC(N)c2cc(C(F)(F)F)ccc21. The van der Waals surface area contributed by atoms with Gasteiger partial charge in [0.1, 0.15) is 5.60 Å². The zero-order valence-corrected chi connectivity index (χ0v) is 12.7. The molecule has 1 aromatic carbocycles. The van der Waals surface area contributed by atoms with E-state index in [0.717, 1.165) is 12.1 Å². The summed E-state index contributed by atoms with van der Waals surface area (Å²) in [5.41, 5.74) is 5.14. The number of rotatable bonds is 0. The molecule has 1 aliphatic heterocycles. The van der Waals surface area contributed by atoms with Crippen LogP contribution in [0.25, 0.3) is 0 Å². The maximum absolute atomic E-state index is 12.8. The van der Waals surface area contributed by atoms with Crippen LogP contribution in [0.4, 0.5) is 23.7 Å². The van der Waals surface area contributed by atoms with Gasteiger partial charge in [-0.1, -0.05) is 0 Å². The molecule has 1 unspecified atom stereocenters. The number of fused-ring (bicyclic) bond motifs is 1. The first-order valence-electron chi connectivity index (χ1n) is 6.96. The first-order chi connectivity index (χ1) is 9.99. The van der Waals surface area contributed by atoms with Gasteiger partial charge >= 0.3 is 12.3 Å². The van der Waals surface area contributed by atoms with E-state index >= 15 is 0 Å². The van der Waals surface area contributed by atoms with Crippen LogP contribution in [-0.2, 0) is 10.9 Å². The molecule has 1 aliphatic rings. The molecule has 1 amide bonds. The molecule has 1 atom stereocenters. The van der Waals surface area contributed by atoms with Gasteiger partial charge in [0.25, 0.3) is 0 Å². The quantitative estimate of drug-likeness (QED) is 0.791. The van der Waals surface area contributed by atoms with Crippen LogP contribution in [0.15, 0.2) is 18.2 Å². The standard InChI is InChI=1S/C15H19F3N2O2/c1-14(2,3)22-13(21)20-7-6-11(19)10-8-9(15(16,17)18)4-5-12(10)20/h4-5,8,11H,6-7,19H2,1-3H3. The highest BCUT2D eigenvalue weighted by atomic mass is 19.4. The number of anilines is 1. The van der Waals surface area contributed by atoms with Gasteiger partial charge in [-0.25, -0.2) is 4.79 Å². The van der Waals surface area contributed by atoms with Gasteiger partial charge in [-0.15, -0.1) is 0 Å². The Balaban J connectivity index is 2.37. The molecule has 0 aromatic heterocycles. The lowest BCUT2D eigenvalue weighted by molar-refractivity contribution is -0.137. The second-order valence-corrected chi connectivity index (χ2v) is 6.30. The Morgan fingerprint density at radius 2 is 1.95 bits per heavy atom. The van der Waals surface area contributed by atoms with E-state index in [0.29, 0.717) is 24.2 Å². The summed E-state index contributed by atoms with van der Waals surface area (Å²) < 4.78 is 43.7. The lowest BCUT2D eigenvalue weighted by atomic mass is 9.95. The van der Waals surface area contributed by atoms with E-state index in [1.165, 1.54) is 11.0 Å². The Hall–Kier alpha value is -1.76. The highest BCUT2D eigenvalue weighted by molar-refractivity contribution is 5.89. The Bertz CT molecular complexity index is 579. The second-order valence-electron chi connectivity index (χ2n) is 6.30. The van der Waals surface area contributed by atoms with E-state index in [9.17, 15) is 18.0 Å². The van der Waals surface area contributed by atoms with Crippen LogP contribution in [0.1, 0.15) is 44.4 Å². The van der Waals surface area contributed by atoms with Gasteiger partial charge in [0.2, 0.25) is 0 Å². The van der Waals surface area contributed by atoms with Crippen molar-refractivity contribution in [1.29, 1.82) is 0 Å². The van der Waals surface area contributed by atoms with E-state index in [-0.39, 0.29) is 0 Å². The van der Waals surface area contributed by atoms with Gasteiger partial charge in [0, 0.05) is 12.6 Å². The first kappa shape index (κ1) is 16.6. The number of carbonyl (C=O) groups excluding carboxylic acids is 1. The molecule has 2 rings (SSSR count). The normalized spacial score (nSPS) is 18.9. The summed E-state index contributed by atoms with van der Waals surface area (Å²) in [7, 11) is 0. The number of halogens is 3. The van der Waals surface area contributed by atoms with Gasteiger partial charge in [0.05, 0.1) is 11.3 Å². The minimum Gasteiger partial charge on any atom is -0.443 e. The van der Waals surface area contributed by atoms with Gasteiger partial charge in [0.15, 0.2) is 0 Å². The van der Waals surface area contributed by atoms with E-state index < -0.39 is 29.5 Å². The second kappa shape index (κ2) is 5.46. The maximum atomic E-state index is 12.8. The molecule has 1 heterocycles. The minimum absolute atomic E-state index is 0.312. The van der Waals surface area contributed by atoms with Crippen LogP contribution in [0, 0.1) is 0 Å². The smallest absolute Gasteiger partial charge is 0.416 e. The van der Waals surface area contributed by atoms with Crippen LogP contribution < -0.4 is 10.6 Å². The monoisotopic (exact) mass is 316 g/mol. The van der Waals surface area contributed by atoms with Crippen molar-refractivity contribution in [2.45, 2.75) is 45.0 Å². The van der Waals surface area contributed by atoms with Crippen LogP contribution in [0.5, 0.6) is 0 Å². The van der Waals surface area contributed by atoms with Crippen LogP contribution >= 0.6 is 0 Å². The fraction of sp³-hybridized carbons (Fsp3) is 0.533. The Morgan fingerprint density at radius 1 is 1.32 bits per heavy atom. The van der Waals surface area contributed by atoms with Crippen molar-refractivity contribution in [2.75, 3.05) is 11.4 Å². The average molecular weight is 316 g/mol. The molecule has 0 aliphatic carbocycles. The zero-order chi connectivity index (χ0) is 16.7. The molecule has 0 fully saturated rings. The molecular weight excluding hydrogens is 297 g/mol. The largest absolute Gasteiger partial charge is 0.443 e. The molecule has 1 aromatic rings. The molecule has 7 heteroatoms. The summed E-state index contributed by atoms with van der Waals surface area (Å²) in [6.07, 6.45) is -4.64. The molecule has 2 N–H and O–H groups in total. The molecule has 0 saturated carbocycles. The first-order valence-corrected chi connectivity index (χ1v) is 6.96. The summed E-state index contributed by atoms with van der Waals surface area (Å²) in [4.78, 5) is 13.5. The number of nitrogens with two attached hydrogens (primary N) is 1. The number of nitrogens with zero attached hydrogens (tertiary/aromatic N) is 1.